The van der Waals surface area contributed by atoms with Gasteiger partial charge in [-0.15, -0.1) is 0 Å². The van der Waals surface area contributed by atoms with Crippen LogP contribution in [0, 0.1) is 10.1 Å². The van der Waals surface area contributed by atoms with Gasteiger partial charge in [0, 0.05) is 43.7 Å². The van der Waals surface area contributed by atoms with Crippen molar-refractivity contribution in [2.45, 2.75) is 9.92 Å². The van der Waals surface area contributed by atoms with Crippen LogP contribution in [0.3, 0.4) is 0 Å². The zero-order valence-corrected chi connectivity index (χ0v) is 15.0. The van der Waals surface area contributed by atoms with Crippen molar-refractivity contribution < 1.29 is 4.92 Å². The van der Waals surface area contributed by atoms with Gasteiger partial charge in [0.15, 0.2) is 0 Å². The van der Waals surface area contributed by atoms with Crippen LogP contribution in [0.1, 0.15) is 5.56 Å². The number of hydrogen-bond donors (Lipinski definition) is 0. The molecule has 0 amide bonds. The molecule has 128 valence electrons. The smallest absolute Gasteiger partial charge is 0.283 e. The second kappa shape index (κ2) is 6.98. The molecule has 3 aromatic rings. The van der Waals surface area contributed by atoms with Crippen molar-refractivity contribution in [2.24, 2.45) is 12.1 Å². The van der Waals surface area contributed by atoms with Crippen molar-refractivity contribution in [1.82, 2.24) is 9.58 Å². The van der Waals surface area contributed by atoms with E-state index in [-0.39, 0.29) is 10.6 Å². The molecule has 2 aromatic carbocycles. The third-order valence-corrected chi connectivity index (χ3v) is 5.03. The summed E-state index contributed by atoms with van der Waals surface area (Å²) in [5.41, 5.74) is 2.12. The number of nitro groups is 1. The Balaban J connectivity index is 2.17. The Morgan fingerprint density at radius 1 is 1.16 bits per heavy atom. The standard InChI is InChI=1S/C18H18N4O2S/c1-20(2)19-12-14-13-8-4-5-9-15(13)21(3)18(14)25-17-11-7-6-10-16(17)22(23)24/h4-12H,1-3H3/b19-12+. The number of hydrogen-bond acceptors (Lipinski definition) is 5. The minimum atomic E-state index is -0.349. The fourth-order valence-corrected chi connectivity index (χ4v) is 3.73. The molecule has 25 heavy (non-hydrogen) atoms. The van der Waals surface area contributed by atoms with Gasteiger partial charge in [0.1, 0.15) is 0 Å². The van der Waals surface area contributed by atoms with Crippen LogP contribution < -0.4 is 0 Å². The van der Waals surface area contributed by atoms with E-state index in [0.29, 0.717) is 4.90 Å². The molecule has 0 fully saturated rings. The molecule has 0 bridgehead atoms. The normalized spacial score (nSPS) is 11.3. The molecule has 0 radical (unpaired) electrons. The summed E-state index contributed by atoms with van der Waals surface area (Å²) in [4.78, 5) is 11.6. The van der Waals surface area contributed by atoms with Crippen LogP contribution in [0.25, 0.3) is 10.9 Å². The molecule has 3 rings (SSSR count). The van der Waals surface area contributed by atoms with E-state index in [9.17, 15) is 10.1 Å². The molecule has 1 aromatic heterocycles. The number of benzene rings is 2. The molecule has 6 nitrogen and oxygen atoms in total. The zero-order valence-electron chi connectivity index (χ0n) is 14.2. The number of nitro benzene ring substituents is 1. The summed E-state index contributed by atoms with van der Waals surface area (Å²) in [5.74, 6) is 0. The van der Waals surface area contributed by atoms with E-state index in [2.05, 4.69) is 5.10 Å². The molecule has 1 heterocycles. The maximum atomic E-state index is 11.3. The largest absolute Gasteiger partial charge is 0.338 e. The van der Waals surface area contributed by atoms with E-state index in [0.717, 1.165) is 21.5 Å². The lowest BCUT2D eigenvalue weighted by Gasteiger charge is -2.07. The number of fused-ring (bicyclic) bond motifs is 1. The van der Waals surface area contributed by atoms with Gasteiger partial charge in [-0.1, -0.05) is 42.1 Å². The molecule has 0 N–H and O–H groups in total. The molecule has 0 atom stereocenters. The highest BCUT2D eigenvalue weighted by Crippen LogP contribution is 2.39. The Morgan fingerprint density at radius 3 is 2.56 bits per heavy atom. The van der Waals surface area contributed by atoms with E-state index in [1.807, 2.05) is 56.0 Å². The van der Waals surface area contributed by atoms with E-state index in [4.69, 9.17) is 0 Å². The van der Waals surface area contributed by atoms with Crippen molar-refractivity contribution in [3.63, 3.8) is 0 Å². The third-order valence-electron chi connectivity index (χ3n) is 3.78. The van der Waals surface area contributed by atoms with Crippen molar-refractivity contribution in [1.29, 1.82) is 0 Å². The molecule has 0 saturated carbocycles. The number of para-hydroxylation sites is 2. The summed E-state index contributed by atoms with van der Waals surface area (Å²) in [6.07, 6.45) is 1.80. The Hall–Kier alpha value is -2.80. The van der Waals surface area contributed by atoms with Crippen LogP contribution in [0.2, 0.25) is 0 Å². The van der Waals surface area contributed by atoms with Gasteiger partial charge in [0.2, 0.25) is 0 Å². The zero-order chi connectivity index (χ0) is 18.0. The number of aryl methyl sites for hydroxylation is 1. The van der Waals surface area contributed by atoms with Gasteiger partial charge in [-0.25, -0.2) is 0 Å². The SMILES string of the molecule is CN(C)/N=C/c1c(Sc2ccccc2[N+](=O)[O-])n(C)c2ccccc12. The average Bonchev–Trinajstić information content (AvgIpc) is 2.86. The van der Waals surface area contributed by atoms with Crippen LogP contribution in [0.5, 0.6) is 0 Å². The Morgan fingerprint density at radius 2 is 1.84 bits per heavy atom. The van der Waals surface area contributed by atoms with Gasteiger partial charge in [-0.3, -0.25) is 10.1 Å². The summed E-state index contributed by atoms with van der Waals surface area (Å²) >= 11 is 1.38. The van der Waals surface area contributed by atoms with Gasteiger partial charge in [-0.2, -0.15) is 5.10 Å². The van der Waals surface area contributed by atoms with Crippen molar-refractivity contribution in [3.05, 3.63) is 64.2 Å². The quantitative estimate of drug-likeness (QED) is 0.392. The highest BCUT2D eigenvalue weighted by atomic mass is 32.2. The highest BCUT2D eigenvalue weighted by molar-refractivity contribution is 7.99. The summed E-state index contributed by atoms with van der Waals surface area (Å²) < 4.78 is 2.05. The van der Waals surface area contributed by atoms with Crippen molar-refractivity contribution >= 4 is 34.6 Å². The lowest BCUT2D eigenvalue weighted by molar-refractivity contribution is -0.387. The first kappa shape index (κ1) is 17.0. The van der Waals surface area contributed by atoms with Gasteiger partial charge >= 0.3 is 0 Å². The Bertz CT molecular complexity index is 963. The van der Waals surface area contributed by atoms with Crippen molar-refractivity contribution in [2.75, 3.05) is 14.1 Å². The van der Waals surface area contributed by atoms with Crippen LogP contribution in [-0.2, 0) is 7.05 Å². The Labute approximate surface area is 149 Å². The van der Waals surface area contributed by atoms with Gasteiger partial charge in [0.25, 0.3) is 5.69 Å². The summed E-state index contributed by atoms with van der Waals surface area (Å²) in [7, 11) is 5.68. The molecule has 0 aliphatic carbocycles. The highest BCUT2D eigenvalue weighted by Gasteiger charge is 2.19. The van der Waals surface area contributed by atoms with Gasteiger partial charge in [-0.05, 0) is 12.1 Å². The van der Waals surface area contributed by atoms with E-state index >= 15 is 0 Å². The van der Waals surface area contributed by atoms with Gasteiger partial charge < -0.3 is 9.58 Å². The van der Waals surface area contributed by atoms with Gasteiger partial charge in [0.05, 0.1) is 21.1 Å². The van der Waals surface area contributed by atoms with E-state index in [1.54, 1.807) is 23.4 Å². The molecule has 0 spiro atoms. The summed E-state index contributed by atoms with van der Waals surface area (Å²) in [6, 6.07) is 14.8. The van der Waals surface area contributed by atoms with Crippen LogP contribution in [0.4, 0.5) is 5.69 Å². The minimum absolute atomic E-state index is 0.105. The van der Waals surface area contributed by atoms with Crippen LogP contribution in [0.15, 0.2) is 63.6 Å². The van der Waals surface area contributed by atoms with Crippen molar-refractivity contribution in [3.8, 4) is 0 Å². The molecule has 0 aliphatic rings. The predicted octanol–water partition coefficient (Wildman–Crippen LogP) is 4.13. The molecular weight excluding hydrogens is 336 g/mol. The van der Waals surface area contributed by atoms with Crippen LogP contribution >= 0.6 is 11.8 Å². The maximum Gasteiger partial charge on any atom is 0.283 e. The third kappa shape index (κ3) is 3.36. The lowest BCUT2D eigenvalue weighted by Crippen LogP contribution is -2.02. The number of rotatable bonds is 5. The summed E-state index contributed by atoms with van der Waals surface area (Å²) in [6.45, 7) is 0. The van der Waals surface area contributed by atoms with Crippen LogP contribution in [-0.4, -0.2) is 34.8 Å². The average molecular weight is 354 g/mol. The molecule has 0 aliphatic heterocycles. The van der Waals surface area contributed by atoms with E-state index in [1.165, 1.54) is 17.8 Å². The molecule has 0 saturated heterocycles. The first-order valence-electron chi connectivity index (χ1n) is 7.69. The fourth-order valence-electron chi connectivity index (χ4n) is 2.62. The first-order valence-corrected chi connectivity index (χ1v) is 8.50. The number of aromatic nitrogens is 1. The predicted molar refractivity (Wildman–Crippen MR) is 101 cm³/mol. The second-order valence-corrected chi connectivity index (χ2v) is 6.74. The second-order valence-electron chi connectivity index (χ2n) is 5.71. The molecule has 7 heteroatoms. The Kier molecular flexibility index (Phi) is 4.76. The molecule has 0 unspecified atom stereocenters. The fraction of sp³-hybridized carbons (Fsp3) is 0.167. The van der Waals surface area contributed by atoms with E-state index < -0.39 is 0 Å². The number of nitrogens with zero attached hydrogens (tertiary/aromatic N) is 4. The molecular formula is C18H18N4O2S. The lowest BCUT2D eigenvalue weighted by atomic mass is 10.2. The first-order chi connectivity index (χ1) is 12.0. The minimum Gasteiger partial charge on any atom is -0.338 e. The number of hydrazone groups is 1. The topological polar surface area (TPSA) is 63.7 Å². The maximum absolute atomic E-state index is 11.3. The summed E-state index contributed by atoms with van der Waals surface area (Å²) in [5, 5.41) is 19.4. The monoisotopic (exact) mass is 354 g/mol.